The van der Waals surface area contributed by atoms with Crippen molar-refractivity contribution in [2.45, 2.75) is 12.8 Å². The quantitative estimate of drug-likeness (QED) is 0.512. The number of carbonyl (C=O) groups excluding carboxylic acids is 1. The van der Waals surface area contributed by atoms with E-state index in [1.165, 1.54) is 11.6 Å². The molecule has 0 saturated carbocycles. The number of nitrogens with one attached hydrogen (secondary N) is 2. The number of hydrogen-bond donors (Lipinski definition) is 2. The van der Waals surface area contributed by atoms with Crippen molar-refractivity contribution in [2.75, 3.05) is 19.9 Å². The average Bonchev–Trinajstić information content (AvgIpc) is 3.39. The second-order valence-corrected chi connectivity index (χ2v) is 6.85. The number of imidazole rings is 1. The summed E-state index contributed by atoms with van der Waals surface area (Å²) in [6.45, 7) is 0.467. The minimum absolute atomic E-state index is 0.123. The van der Waals surface area contributed by atoms with Gasteiger partial charge in [-0.05, 0) is 18.6 Å². The molecular weight excluding hydrogens is 394 g/mol. The van der Waals surface area contributed by atoms with Crippen LogP contribution >= 0.6 is 0 Å². The van der Waals surface area contributed by atoms with E-state index >= 15 is 0 Å². The fourth-order valence-corrected chi connectivity index (χ4v) is 3.14. The molecular formula is C19H21N5O6. The van der Waals surface area contributed by atoms with Crippen molar-refractivity contribution in [1.82, 2.24) is 24.4 Å². The van der Waals surface area contributed by atoms with Crippen LogP contribution in [-0.4, -0.2) is 45.0 Å². The van der Waals surface area contributed by atoms with E-state index in [9.17, 15) is 14.4 Å². The first-order valence-corrected chi connectivity index (χ1v) is 9.38. The van der Waals surface area contributed by atoms with Crippen molar-refractivity contribution >= 4 is 17.1 Å². The molecule has 4 rings (SSSR count). The number of carbonyl (C=O) groups is 1. The van der Waals surface area contributed by atoms with Crippen molar-refractivity contribution in [1.29, 1.82) is 0 Å². The van der Waals surface area contributed by atoms with Gasteiger partial charge in [0.1, 0.15) is 17.1 Å². The molecule has 0 spiro atoms. The van der Waals surface area contributed by atoms with Crippen LogP contribution in [0.4, 0.5) is 0 Å². The molecule has 1 aliphatic heterocycles. The standard InChI is InChI=1S/C19H21N5O6/c1-23-17-16(18(26)24(2)19(23)27)21-14(22-17)4-3-7-20-15(25)9-28-11-5-6-12-13(8-11)30-10-29-12/h5-6,8H,3-4,7,9-10H2,1-2H3,(H,20,25)(H,21,22). The van der Waals surface area contributed by atoms with Crippen molar-refractivity contribution in [3.05, 3.63) is 44.9 Å². The zero-order valence-electron chi connectivity index (χ0n) is 16.6. The lowest BCUT2D eigenvalue weighted by Crippen LogP contribution is -2.36. The third kappa shape index (κ3) is 3.73. The Morgan fingerprint density at radius 2 is 2.03 bits per heavy atom. The second kappa shape index (κ2) is 7.93. The summed E-state index contributed by atoms with van der Waals surface area (Å²) in [5.41, 5.74) is -0.240. The lowest BCUT2D eigenvalue weighted by molar-refractivity contribution is -0.123. The number of aryl methyl sites for hydroxylation is 2. The predicted octanol–water partition coefficient (Wildman–Crippen LogP) is -0.183. The molecule has 0 bridgehead atoms. The van der Waals surface area contributed by atoms with Crippen LogP contribution in [0.3, 0.4) is 0 Å². The molecule has 0 fully saturated rings. The van der Waals surface area contributed by atoms with Crippen LogP contribution in [0.25, 0.3) is 11.2 Å². The lowest BCUT2D eigenvalue weighted by Gasteiger charge is -2.07. The summed E-state index contributed by atoms with van der Waals surface area (Å²) in [4.78, 5) is 43.4. The highest BCUT2D eigenvalue weighted by Gasteiger charge is 2.15. The van der Waals surface area contributed by atoms with Crippen LogP contribution in [0.1, 0.15) is 12.2 Å². The number of nitrogens with zero attached hydrogens (tertiary/aromatic N) is 3. The summed E-state index contributed by atoms with van der Waals surface area (Å²) in [5.74, 6) is 2.08. The Kier molecular flexibility index (Phi) is 5.17. The van der Waals surface area contributed by atoms with Crippen LogP contribution in [0.5, 0.6) is 17.2 Å². The number of benzene rings is 1. The molecule has 11 nitrogen and oxygen atoms in total. The van der Waals surface area contributed by atoms with Gasteiger partial charge in [-0.1, -0.05) is 0 Å². The van der Waals surface area contributed by atoms with Crippen molar-refractivity contribution < 1.29 is 19.0 Å². The lowest BCUT2D eigenvalue weighted by atomic mass is 10.3. The topological polar surface area (TPSA) is 129 Å². The predicted molar refractivity (Wildman–Crippen MR) is 106 cm³/mol. The van der Waals surface area contributed by atoms with Crippen LogP contribution < -0.4 is 30.8 Å². The Labute approximate surface area is 170 Å². The normalized spacial score (nSPS) is 12.3. The molecule has 1 aliphatic rings. The zero-order valence-corrected chi connectivity index (χ0v) is 16.6. The summed E-state index contributed by atoms with van der Waals surface area (Å²) in [5, 5.41) is 2.77. The Bertz CT molecular complexity index is 1220. The molecule has 158 valence electrons. The molecule has 3 heterocycles. The van der Waals surface area contributed by atoms with Crippen LogP contribution in [-0.2, 0) is 25.3 Å². The van der Waals surface area contributed by atoms with Crippen molar-refractivity contribution in [2.24, 2.45) is 14.1 Å². The third-order valence-corrected chi connectivity index (χ3v) is 4.77. The molecule has 0 unspecified atom stereocenters. The van der Waals surface area contributed by atoms with Gasteiger partial charge in [-0.15, -0.1) is 0 Å². The molecule has 30 heavy (non-hydrogen) atoms. The van der Waals surface area contributed by atoms with E-state index in [1.807, 2.05) is 0 Å². The van der Waals surface area contributed by atoms with Crippen LogP contribution in [0.15, 0.2) is 27.8 Å². The number of fused-ring (bicyclic) bond motifs is 2. The molecule has 1 aromatic carbocycles. The van der Waals surface area contributed by atoms with Gasteiger partial charge in [0.05, 0.1) is 0 Å². The third-order valence-electron chi connectivity index (χ3n) is 4.77. The first kappa shape index (κ1) is 19.6. The van der Waals surface area contributed by atoms with Crippen LogP contribution in [0, 0.1) is 0 Å². The molecule has 2 aromatic heterocycles. The SMILES string of the molecule is Cn1c(=O)c2[nH]c(CCCNC(=O)COc3ccc4c(c3)OCO4)nc2n(C)c1=O. The second-order valence-electron chi connectivity index (χ2n) is 6.85. The number of hydrogen-bond acceptors (Lipinski definition) is 7. The van der Waals surface area contributed by atoms with Gasteiger partial charge in [0, 0.05) is 33.1 Å². The Balaban J connectivity index is 1.26. The van der Waals surface area contributed by atoms with E-state index < -0.39 is 11.2 Å². The summed E-state index contributed by atoms with van der Waals surface area (Å²) in [6, 6.07) is 5.11. The molecule has 0 radical (unpaired) electrons. The number of H-pyrrole nitrogens is 1. The van der Waals surface area contributed by atoms with Gasteiger partial charge < -0.3 is 24.5 Å². The maximum atomic E-state index is 12.2. The van der Waals surface area contributed by atoms with Crippen molar-refractivity contribution in [3.63, 3.8) is 0 Å². The molecule has 2 N–H and O–H groups in total. The van der Waals surface area contributed by atoms with Gasteiger partial charge in [-0.2, -0.15) is 0 Å². The maximum absolute atomic E-state index is 12.2. The van der Waals surface area contributed by atoms with Gasteiger partial charge in [0.15, 0.2) is 23.8 Å². The highest BCUT2D eigenvalue weighted by Crippen LogP contribution is 2.34. The van der Waals surface area contributed by atoms with Crippen LogP contribution in [0.2, 0.25) is 0 Å². The van der Waals surface area contributed by atoms with Gasteiger partial charge >= 0.3 is 5.69 Å². The van der Waals surface area contributed by atoms with Gasteiger partial charge in [0.25, 0.3) is 11.5 Å². The number of amides is 1. The van der Waals surface area contributed by atoms with Gasteiger partial charge in [-0.3, -0.25) is 18.7 Å². The monoisotopic (exact) mass is 415 g/mol. The molecule has 3 aromatic rings. The number of rotatable bonds is 7. The van der Waals surface area contributed by atoms with E-state index in [0.717, 1.165) is 4.57 Å². The van der Waals surface area contributed by atoms with Gasteiger partial charge in [-0.25, -0.2) is 9.78 Å². The minimum Gasteiger partial charge on any atom is -0.484 e. The Morgan fingerprint density at radius 1 is 1.23 bits per heavy atom. The molecule has 0 aliphatic carbocycles. The highest BCUT2D eigenvalue weighted by molar-refractivity contribution is 5.77. The van der Waals surface area contributed by atoms with E-state index in [-0.39, 0.29) is 24.8 Å². The maximum Gasteiger partial charge on any atom is 0.332 e. The van der Waals surface area contributed by atoms with E-state index in [4.69, 9.17) is 14.2 Å². The van der Waals surface area contributed by atoms with E-state index in [1.54, 1.807) is 25.2 Å². The largest absolute Gasteiger partial charge is 0.484 e. The molecule has 0 saturated heterocycles. The summed E-state index contributed by atoms with van der Waals surface area (Å²) < 4.78 is 18.3. The van der Waals surface area contributed by atoms with Gasteiger partial charge in [0.2, 0.25) is 6.79 Å². The number of aromatic nitrogens is 4. The Hall–Kier alpha value is -3.76. The van der Waals surface area contributed by atoms with E-state index in [2.05, 4.69) is 15.3 Å². The highest BCUT2D eigenvalue weighted by atomic mass is 16.7. The zero-order chi connectivity index (χ0) is 21.3. The smallest absolute Gasteiger partial charge is 0.332 e. The molecule has 0 atom stereocenters. The van der Waals surface area contributed by atoms with Crippen molar-refractivity contribution in [3.8, 4) is 17.2 Å². The minimum atomic E-state index is -0.430. The Morgan fingerprint density at radius 3 is 2.87 bits per heavy atom. The molecule has 1 amide bonds. The molecule has 11 heteroatoms. The fourth-order valence-electron chi connectivity index (χ4n) is 3.14. The first-order chi connectivity index (χ1) is 14.4. The fraction of sp³-hybridized carbons (Fsp3) is 0.368. The van der Waals surface area contributed by atoms with E-state index in [0.29, 0.717) is 48.1 Å². The summed E-state index contributed by atoms with van der Waals surface area (Å²) in [7, 11) is 2.99. The first-order valence-electron chi connectivity index (χ1n) is 9.38. The summed E-state index contributed by atoms with van der Waals surface area (Å²) in [6.07, 6.45) is 1.11. The number of ether oxygens (including phenoxy) is 3. The average molecular weight is 415 g/mol. The summed E-state index contributed by atoms with van der Waals surface area (Å²) >= 11 is 0. The number of aromatic amines is 1.